The molecular formula is C16H21N3O. The maximum absolute atomic E-state index is 5.90. The van der Waals surface area contributed by atoms with E-state index in [4.69, 9.17) is 4.74 Å². The number of aryl methyl sites for hydroxylation is 2. The molecule has 4 heteroatoms. The highest BCUT2D eigenvalue weighted by Gasteiger charge is 2.07. The molecular weight excluding hydrogens is 250 g/mol. The molecule has 4 nitrogen and oxygen atoms in total. The second-order valence-corrected chi connectivity index (χ2v) is 4.98. The van der Waals surface area contributed by atoms with Crippen LogP contribution >= 0.6 is 0 Å². The van der Waals surface area contributed by atoms with Gasteiger partial charge in [-0.3, -0.25) is 0 Å². The average molecular weight is 271 g/mol. The van der Waals surface area contributed by atoms with Gasteiger partial charge in [0.05, 0.1) is 0 Å². The third kappa shape index (κ3) is 3.47. The third-order valence-electron chi connectivity index (χ3n) is 3.18. The fourth-order valence-corrected chi connectivity index (χ4v) is 1.96. The van der Waals surface area contributed by atoms with E-state index in [1.54, 1.807) is 0 Å². The number of anilines is 1. The van der Waals surface area contributed by atoms with E-state index in [9.17, 15) is 0 Å². The van der Waals surface area contributed by atoms with Crippen molar-refractivity contribution in [2.45, 2.75) is 34.1 Å². The first-order chi connectivity index (χ1) is 9.60. The first kappa shape index (κ1) is 14.3. The molecule has 0 radical (unpaired) electrons. The van der Waals surface area contributed by atoms with Crippen molar-refractivity contribution < 1.29 is 4.74 Å². The number of benzene rings is 1. The lowest BCUT2D eigenvalue weighted by atomic mass is 10.1. The molecule has 1 heterocycles. The zero-order valence-corrected chi connectivity index (χ0v) is 12.5. The average Bonchev–Trinajstić information content (AvgIpc) is 2.42. The molecule has 0 aliphatic heterocycles. The third-order valence-corrected chi connectivity index (χ3v) is 3.18. The Morgan fingerprint density at radius 1 is 1.10 bits per heavy atom. The van der Waals surface area contributed by atoms with Crippen LogP contribution in [0.25, 0.3) is 0 Å². The lowest BCUT2D eigenvalue weighted by Crippen LogP contribution is -2.02. The van der Waals surface area contributed by atoms with Crippen LogP contribution in [0.15, 0.2) is 24.5 Å². The molecule has 0 aliphatic carbocycles. The van der Waals surface area contributed by atoms with E-state index in [1.165, 1.54) is 17.5 Å². The summed E-state index contributed by atoms with van der Waals surface area (Å²) in [4.78, 5) is 8.34. The van der Waals surface area contributed by atoms with Crippen molar-refractivity contribution in [3.63, 3.8) is 0 Å². The van der Waals surface area contributed by atoms with Gasteiger partial charge in [0.25, 0.3) is 0 Å². The minimum absolute atomic E-state index is 0.562. The first-order valence-corrected chi connectivity index (χ1v) is 6.91. The number of nitrogens with zero attached hydrogens (tertiary/aromatic N) is 2. The van der Waals surface area contributed by atoms with E-state index in [0.717, 1.165) is 30.1 Å². The largest absolute Gasteiger partial charge is 0.439 e. The predicted molar refractivity (Wildman–Crippen MR) is 81.5 cm³/mol. The first-order valence-electron chi connectivity index (χ1n) is 6.91. The predicted octanol–water partition coefficient (Wildman–Crippen LogP) is 4.02. The zero-order valence-electron chi connectivity index (χ0n) is 12.5. The van der Waals surface area contributed by atoms with Gasteiger partial charge in [-0.1, -0.05) is 13.0 Å². The molecule has 0 aliphatic rings. The van der Waals surface area contributed by atoms with Gasteiger partial charge in [0.1, 0.15) is 17.9 Å². The zero-order chi connectivity index (χ0) is 14.5. The maximum Gasteiger partial charge on any atom is 0.224 e. The molecule has 106 valence electrons. The van der Waals surface area contributed by atoms with Crippen molar-refractivity contribution in [1.29, 1.82) is 0 Å². The molecule has 2 aromatic rings. The molecule has 1 aromatic heterocycles. The Morgan fingerprint density at radius 3 is 2.65 bits per heavy atom. The standard InChI is InChI=1S/C16H21N3O/c1-5-6-17-15-9-16(19-10-18-15)20-14-8-11(2)7-12(3)13(14)4/h7-10H,5-6H2,1-4H3,(H,17,18,19). The van der Waals surface area contributed by atoms with Gasteiger partial charge in [0.15, 0.2) is 0 Å². The molecule has 0 unspecified atom stereocenters. The van der Waals surface area contributed by atoms with E-state index in [0.29, 0.717) is 5.88 Å². The Labute approximate surface area is 120 Å². The summed E-state index contributed by atoms with van der Waals surface area (Å²) < 4.78 is 5.90. The second kappa shape index (κ2) is 6.37. The second-order valence-electron chi connectivity index (χ2n) is 4.98. The molecule has 0 saturated carbocycles. The van der Waals surface area contributed by atoms with Crippen LogP contribution in [0.2, 0.25) is 0 Å². The highest BCUT2D eigenvalue weighted by molar-refractivity contribution is 5.45. The maximum atomic E-state index is 5.90. The molecule has 20 heavy (non-hydrogen) atoms. The summed E-state index contributed by atoms with van der Waals surface area (Å²) in [5.41, 5.74) is 3.54. The van der Waals surface area contributed by atoms with Gasteiger partial charge in [-0.25, -0.2) is 9.97 Å². The van der Waals surface area contributed by atoms with E-state index < -0.39 is 0 Å². The summed E-state index contributed by atoms with van der Waals surface area (Å²) in [7, 11) is 0. The highest BCUT2D eigenvalue weighted by atomic mass is 16.5. The van der Waals surface area contributed by atoms with E-state index in [2.05, 4.69) is 49.0 Å². The van der Waals surface area contributed by atoms with Gasteiger partial charge in [0.2, 0.25) is 5.88 Å². The van der Waals surface area contributed by atoms with Gasteiger partial charge >= 0.3 is 0 Å². The molecule has 1 N–H and O–H groups in total. The van der Waals surface area contributed by atoms with Crippen molar-refractivity contribution in [3.8, 4) is 11.6 Å². The lowest BCUT2D eigenvalue weighted by Gasteiger charge is -2.12. The van der Waals surface area contributed by atoms with Crippen LogP contribution in [0, 0.1) is 20.8 Å². The van der Waals surface area contributed by atoms with Gasteiger partial charge < -0.3 is 10.1 Å². The normalized spacial score (nSPS) is 10.4. The summed E-state index contributed by atoms with van der Waals surface area (Å²) >= 11 is 0. The summed E-state index contributed by atoms with van der Waals surface area (Å²) in [6, 6.07) is 6.01. The Hall–Kier alpha value is -2.10. The topological polar surface area (TPSA) is 47.0 Å². The molecule has 0 atom stereocenters. The fraction of sp³-hybridized carbons (Fsp3) is 0.375. The molecule has 1 aromatic carbocycles. The molecule has 0 bridgehead atoms. The van der Waals surface area contributed by atoms with Crippen LogP contribution in [-0.2, 0) is 0 Å². The smallest absolute Gasteiger partial charge is 0.224 e. The number of hydrogen-bond donors (Lipinski definition) is 1. The highest BCUT2D eigenvalue weighted by Crippen LogP contribution is 2.27. The van der Waals surface area contributed by atoms with Crippen molar-refractivity contribution in [2.75, 3.05) is 11.9 Å². The van der Waals surface area contributed by atoms with Crippen LogP contribution in [0.1, 0.15) is 30.0 Å². The minimum atomic E-state index is 0.562. The number of nitrogens with one attached hydrogen (secondary N) is 1. The molecule has 0 amide bonds. The molecule has 0 fully saturated rings. The summed E-state index contributed by atoms with van der Waals surface area (Å²) in [5, 5.41) is 3.23. The lowest BCUT2D eigenvalue weighted by molar-refractivity contribution is 0.457. The van der Waals surface area contributed by atoms with Gasteiger partial charge in [-0.15, -0.1) is 0 Å². The fourth-order valence-electron chi connectivity index (χ4n) is 1.96. The van der Waals surface area contributed by atoms with Crippen LogP contribution in [-0.4, -0.2) is 16.5 Å². The molecule has 0 spiro atoms. The van der Waals surface area contributed by atoms with Gasteiger partial charge in [-0.2, -0.15) is 0 Å². The Bertz CT molecular complexity index is 596. The molecule has 2 rings (SSSR count). The SMILES string of the molecule is CCCNc1cc(Oc2cc(C)cc(C)c2C)ncn1. The van der Waals surface area contributed by atoms with Crippen LogP contribution in [0.3, 0.4) is 0 Å². The summed E-state index contributed by atoms with van der Waals surface area (Å²) in [5.74, 6) is 2.20. The Kier molecular flexibility index (Phi) is 4.56. The van der Waals surface area contributed by atoms with E-state index in [-0.39, 0.29) is 0 Å². The minimum Gasteiger partial charge on any atom is -0.439 e. The van der Waals surface area contributed by atoms with Crippen molar-refractivity contribution >= 4 is 5.82 Å². The van der Waals surface area contributed by atoms with Crippen LogP contribution < -0.4 is 10.1 Å². The van der Waals surface area contributed by atoms with Gasteiger partial charge in [0, 0.05) is 12.6 Å². The summed E-state index contributed by atoms with van der Waals surface area (Å²) in [6.45, 7) is 9.21. The van der Waals surface area contributed by atoms with Crippen LogP contribution in [0.4, 0.5) is 5.82 Å². The quantitative estimate of drug-likeness (QED) is 0.892. The Morgan fingerprint density at radius 2 is 1.90 bits per heavy atom. The monoisotopic (exact) mass is 271 g/mol. The van der Waals surface area contributed by atoms with Crippen molar-refractivity contribution in [3.05, 3.63) is 41.2 Å². The van der Waals surface area contributed by atoms with E-state index in [1.807, 2.05) is 12.1 Å². The summed E-state index contributed by atoms with van der Waals surface area (Å²) in [6.07, 6.45) is 2.57. The number of aromatic nitrogens is 2. The van der Waals surface area contributed by atoms with Crippen molar-refractivity contribution in [2.24, 2.45) is 0 Å². The Balaban J connectivity index is 2.21. The van der Waals surface area contributed by atoms with Crippen LogP contribution in [0.5, 0.6) is 11.6 Å². The molecule has 0 saturated heterocycles. The van der Waals surface area contributed by atoms with E-state index >= 15 is 0 Å². The number of hydrogen-bond acceptors (Lipinski definition) is 4. The number of ether oxygens (including phenoxy) is 1. The number of rotatable bonds is 5. The van der Waals surface area contributed by atoms with Crippen molar-refractivity contribution in [1.82, 2.24) is 9.97 Å². The van der Waals surface area contributed by atoms with Gasteiger partial charge in [-0.05, 0) is 49.9 Å².